The smallest absolute Gasteiger partial charge is 0.335 e. The Kier molecular flexibility index (Phi) is 2.37. The maximum atomic E-state index is 10.9. The van der Waals surface area contributed by atoms with Crippen molar-refractivity contribution in [1.82, 2.24) is 10.3 Å². The molecule has 1 aliphatic rings. The van der Waals surface area contributed by atoms with Crippen LogP contribution in [0.3, 0.4) is 0 Å². The van der Waals surface area contributed by atoms with Crippen LogP contribution in [0, 0.1) is 0 Å². The van der Waals surface area contributed by atoms with Crippen LogP contribution in [0.15, 0.2) is 24.4 Å². The van der Waals surface area contributed by atoms with Gasteiger partial charge in [-0.25, -0.2) is 4.79 Å². The van der Waals surface area contributed by atoms with Gasteiger partial charge in [-0.15, -0.1) is 0 Å². The molecule has 1 fully saturated rings. The van der Waals surface area contributed by atoms with Gasteiger partial charge in [0.2, 0.25) is 0 Å². The molecule has 0 bridgehead atoms. The molecule has 0 amide bonds. The van der Waals surface area contributed by atoms with Crippen LogP contribution in [0.1, 0.15) is 28.8 Å². The number of aromatic carboxylic acids is 1. The highest BCUT2D eigenvalue weighted by molar-refractivity contribution is 5.94. The Bertz CT molecular complexity index is 570. The molecule has 0 aliphatic heterocycles. The lowest BCUT2D eigenvalue weighted by Gasteiger charge is -2.01. The van der Waals surface area contributed by atoms with E-state index in [1.807, 2.05) is 12.3 Å². The zero-order chi connectivity index (χ0) is 11.8. The van der Waals surface area contributed by atoms with Crippen molar-refractivity contribution in [2.75, 3.05) is 0 Å². The highest BCUT2D eigenvalue weighted by Crippen LogP contribution is 2.23. The van der Waals surface area contributed by atoms with Crippen LogP contribution in [-0.2, 0) is 6.54 Å². The van der Waals surface area contributed by atoms with Gasteiger partial charge in [-0.3, -0.25) is 0 Å². The first-order chi connectivity index (χ1) is 8.24. The van der Waals surface area contributed by atoms with E-state index in [0.717, 1.165) is 23.0 Å². The van der Waals surface area contributed by atoms with Gasteiger partial charge in [0.15, 0.2) is 0 Å². The van der Waals surface area contributed by atoms with Crippen LogP contribution in [0.5, 0.6) is 0 Å². The molecule has 1 aromatic heterocycles. The number of carboxylic acid groups (broad SMARTS) is 1. The summed E-state index contributed by atoms with van der Waals surface area (Å²) in [5.74, 6) is -0.880. The SMILES string of the molecule is O=C(O)c1ccc2[nH]cc(CNC3CC3)c2c1. The second-order valence-corrected chi connectivity index (χ2v) is 4.53. The maximum absolute atomic E-state index is 10.9. The van der Waals surface area contributed by atoms with E-state index in [9.17, 15) is 4.79 Å². The van der Waals surface area contributed by atoms with Gasteiger partial charge in [-0.1, -0.05) is 0 Å². The summed E-state index contributed by atoms with van der Waals surface area (Å²) >= 11 is 0. The number of rotatable bonds is 4. The van der Waals surface area contributed by atoms with Crippen LogP contribution in [0.2, 0.25) is 0 Å². The van der Waals surface area contributed by atoms with Crippen molar-refractivity contribution in [1.29, 1.82) is 0 Å². The van der Waals surface area contributed by atoms with Crippen molar-refractivity contribution in [2.24, 2.45) is 0 Å². The van der Waals surface area contributed by atoms with E-state index in [1.54, 1.807) is 12.1 Å². The molecule has 3 rings (SSSR count). The van der Waals surface area contributed by atoms with E-state index in [1.165, 1.54) is 12.8 Å². The fourth-order valence-electron chi connectivity index (χ4n) is 2.00. The first kappa shape index (κ1) is 10.4. The highest BCUT2D eigenvalue weighted by Gasteiger charge is 2.20. The monoisotopic (exact) mass is 230 g/mol. The quantitative estimate of drug-likeness (QED) is 0.753. The molecule has 0 atom stereocenters. The second kappa shape index (κ2) is 3.89. The average molecular weight is 230 g/mol. The minimum Gasteiger partial charge on any atom is -0.478 e. The molecule has 0 saturated heterocycles. The van der Waals surface area contributed by atoms with Crippen molar-refractivity contribution in [2.45, 2.75) is 25.4 Å². The minimum absolute atomic E-state index is 0.338. The predicted octanol–water partition coefficient (Wildman–Crippen LogP) is 2.12. The Hall–Kier alpha value is -1.81. The van der Waals surface area contributed by atoms with E-state index >= 15 is 0 Å². The number of hydrogen-bond donors (Lipinski definition) is 3. The van der Waals surface area contributed by atoms with Crippen molar-refractivity contribution in [3.63, 3.8) is 0 Å². The third-order valence-corrected chi connectivity index (χ3v) is 3.17. The Morgan fingerprint density at radius 1 is 1.47 bits per heavy atom. The standard InChI is InChI=1S/C13H14N2O2/c16-13(17)8-1-4-12-11(5-8)9(7-15-12)6-14-10-2-3-10/h1,4-5,7,10,14-15H,2-3,6H2,(H,16,17). The van der Waals surface area contributed by atoms with Gasteiger partial charge < -0.3 is 15.4 Å². The molecule has 17 heavy (non-hydrogen) atoms. The van der Waals surface area contributed by atoms with Crippen LogP contribution >= 0.6 is 0 Å². The second-order valence-electron chi connectivity index (χ2n) is 4.53. The number of hydrogen-bond acceptors (Lipinski definition) is 2. The molecule has 1 aromatic carbocycles. The first-order valence-electron chi connectivity index (χ1n) is 5.81. The largest absolute Gasteiger partial charge is 0.478 e. The third kappa shape index (κ3) is 2.03. The van der Waals surface area contributed by atoms with Crippen LogP contribution in [0.25, 0.3) is 10.9 Å². The van der Waals surface area contributed by atoms with Gasteiger partial charge >= 0.3 is 5.97 Å². The van der Waals surface area contributed by atoms with E-state index in [2.05, 4.69) is 10.3 Å². The predicted molar refractivity (Wildman–Crippen MR) is 65.1 cm³/mol. The van der Waals surface area contributed by atoms with Gasteiger partial charge in [0, 0.05) is 29.7 Å². The van der Waals surface area contributed by atoms with Crippen molar-refractivity contribution in [3.8, 4) is 0 Å². The van der Waals surface area contributed by atoms with E-state index in [4.69, 9.17) is 5.11 Å². The lowest BCUT2D eigenvalue weighted by molar-refractivity contribution is 0.0697. The zero-order valence-electron chi connectivity index (χ0n) is 9.36. The summed E-state index contributed by atoms with van der Waals surface area (Å²) < 4.78 is 0. The molecular weight excluding hydrogens is 216 g/mol. The van der Waals surface area contributed by atoms with Crippen molar-refractivity contribution in [3.05, 3.63) is 35.5 Å². The number of aromatic nitrogens is 1. The molecule has 4 heteroatoms. The molecule has 88 valence electrons. The van der Waals surface area contributed by atoms with Crippen LogP contribution in [0.4, 0.5) is 0 Å². The highest BCUT2D eigenvalue weighted by atomic mass is 16.4. The zero-order valence-corrected chi connectivity index (χ0v) is 9.36. The molecular formula is C13H14N2O2. The number of carbonyl (C=O) groups is 1. The average Bonchev–Trinajstić information content (AvgIpc) is 3.06. The van der Waals surface area contributed by atoms with E-state index in [0.29, 0.717) is 11.6 Å². The first-order valence-corrected chi connectivity index (χ1v) is 5.81. The number of benzene rings is 1. The van der Waals surface area contributed by atoms with Crippen molar-refractivity contribution < 1.29 is 9.90 Å². The van der Waals surface area contributed by atoms with Crippen LogP contribution in [-0.4, -0.2) is 22.1 Å². The number of fused-ring (bicyclic) bond motifs is 1. The summed E-state index contributed by atoms with van der Waals surface area (Å²) in [6.07, 6.45) is 4.46. The van der Waals surface area contributed by atoms with Crippen LogP contribution < -0.4 is 5.32 Å². The molecule has 0 radical (unpaired) electrons. The Morgan fingerprint density at radius 2 is 2.29 bits per heavy atom. The Labute approximate surface area is 98.6 Å². The molecule has 1 heterocycles. The summed E-state index contributed by atoms with van der Waals surface area (Å²) in [6.45, 7) is 0.799. The molecule has 0 spiro atoms. The molecule has 1 aliphatic carbocycles. The summed E-state index contributed by atoms with van der Waals surface area (Å²) in [4.78, 5) is 14.1. The number of H-pyrrole nitrogens is 1. The van der Waals surface area contributed by atoms with Gasteiger partial charge in [0.25, 0.3) is 0 Å². The number of carboxylic acids is 1. The topological polar surface area (TPSA) is 65.1 Å². The number of aromatic amines is 1. The summed E-state index contributed by atoms with van der Waals surface area (Å²) in [7, 11) is 0. The van der Waals surface area contributed by atoms with Gasteiger partial charge in [0.1, 0.15) is 0 Å². The summed E-state index contributed by atoms with van der Waals surface area (Å²) in [6, 6.07) is 5.83. The molecule has 1 saturated carbocycles. The maximum Gasteiger partial charge on any atom is 0.335 e. The molecule has 4 nitrogen and oxygen atoms in total. The summed E-state index contributed by atoms with van der Waals surface area (Å²) in [5, 5.41) is 13.4. The van der Waals surface area contributed by atoms with E-state index < -0.39 is 5.97 Å². The Morgan fingerprint density at radius 3 is 3.00 bits per heavy atom. The molecule has 3 N–H and O–H groups in total. The lowest BCUT2D eigenvalue weighted by Crippen LogP contribution is -2.14. The summed E-state index contributed by atoms with van der Waals surface area (Å²) in [5.41, 5.74) is 2.46. The molecule has 0 unspecified atom stereocenters. The lowest BCUT2D eigenvalue weighted by atomic mass is 10.1. The Balaban J connectivity index is 1.93. The number of nitrogens with one attached hydrogen (secondary N) is 2. The normalized spacial score (nSPS) is 15.3. The fraction of sp³-hybridized carbons (Fsp3) is 0.308. The minimum atomic E-state index is -0.880. The van der Waals surface area contributed by atoms with Gasteiger partial charge in [-0.05, 0) is 36.6 Å². The molecule has 2 aromatic rings. The third-order valence-electron chi connectivity index (χ3n) is 3.17. The van der Waals surface area contributed by atoms with Gasteiger partial charge in [0.05, 0.1) is 5.56 Å². The van der Waals surface area contributed by atoms with Crippen molar-refractivity contribution >= 4 is 16.9 Å². The van der Waals surface area contributed by atoms with E-state index in [-0.39, 0.29) is 0 Å². The fourth-order valence-corrected chi connectivity index (χ4v) is 2.00. The van der Waals surface area contributed by atoms with Gasteiger partial charge in [-0.2, -0.15) is 0 Å².